The molecule has 0 bridgehead atoms. The number of benzene rings is 1. The number of rotatable bonds is 5. The lowest BCUT2D eigenvalue weighted by molar-refractivity contribution is -0.132. The summed E-state index contributed by atoms with van der Waals surface area (Å²) in [6.07, 6.45) is 9.06. The van der Waals surface area contributed by atoms with Crippen molar-refractivity contribution in [3.63, 3.8) is 0 Å². The van der Waals surface area contributed by atoms with Crippen molar-refractivity contribution >= 4 is 23.3 Å². The van der Waals surface area contributed by atoms with Gasteiger partial charge in [-0.3, -0.25) is 14.0 Å². The number of carbonyl (C=O) groups is 1. The first kappa shape index (κ1) is 23.0. The molecule has 0 saturated carbocycles. The van der Waals surface area contributed by atoms with Gasteiger partial charge in [0.15, 0.2) is 11.6 Å². The summed E-state index contributed by atoms with van der Waals surface area (Å²) in [6, 6.07) is 6.78. The van der Waals surface area contributed by atoms with Crippen LogP contribution in [0.15, 0.2) is 49.2 Å². The predicted octanol–water partition coefficient (Wildman–Crippen LogP) is 4.14. The van der Waals surface area contributed by atoms with Crippen molar-refractivity contribution in [3.8, 4) is 28.2 Å². The van der Waals surface area contributed by atoms with E-state index in [-0.39, 0.29) is 28.5 Å². The van der Waals surface area contributed by atoms with E-state index in [9.17, 15) is 9.18 Å². The van der Waals surface area contributed by atoms with Gasteiger partial charge in [-0.2, -0.15) is 5.10 Å². The van der Waals surface area contributed by atoms with E-state index in [1.807, 2.05) is 28.8 Å². The summed E-state index contributed by atoms with van der Waals surface area (Å²) in [5.74, 6) is 0.200. The molecule has 4 heterocycles. The third-order valence-electron chi connectivity index (χ3n) is 6.33. The fourth-order valence-electron chi connectivity index (χ4n) is 4.38. The molecule has 5 rings (SSSR count). The number of halogens is 2. The third kappa shape index (κ3) is 4.37. The molecule has 1 aliphatic heterocycles. The minimum atomic E-state index is -0.578. The first-order valence-corrected chi connectivity index (χ1v) is 11.8. The van der Waals surface area contributed by atoms with E-state index in [0.29, 0.717) is 17.8 Å². The van der Waals surface area contributed by atoms with Crippen molar-refractivity contribution < 1.29 is 9.18 Å². The summed E-state index contributed by atoms with van der Waals surface area (Å²) in [5, 5.41) is 12.7. The van der Waals surface area contributed by atoms with E-state index in [0.717, 1.165) is 37.1 Å². The average molecular weight is 495 g/mol. The zero-order valence-corrected chi connectivity index (χ0v) is 19.9. The van der Waals surface area contributed by atoms with Gasteiger partial charge in [-0.25, -0.2) is 9.37 Å². The first-order valence-electron chi connectivity index (χ1n) is 11.4. The highest BCUT2D eigenvalue weighted by Gasteiger charge is 2.24. The summed E-state index contributed by atoms with van der Waals surface area (Å²) < 4.78 is 18.1. The largest absolute Gasteiger partial charge is 0.383 e. The van der Waals surface area contributed by atoms with E-state index in [1.165, 1.54) is 17.0 Å². The minimum absolute atomic E-state index is 0.000643. The minimum Gasteiger partial charge on any atom is -0.383 e. The van der Waals surface area contributed by atoms with E-state index < -0.39 is 5.82 Å². The van der Waals surface area contributed by atoms with E-state index in [1.54, 1.807) is 24.5 Å². The van der Waals surface area contributed by atoms with Crippen molar-refractivity contribution in [2.45, 2.75) is 32.2 Å². The quantitative estimate of drug-likeness (QED) is 0.446. The zero-order valence-electron chi connectivity index (χ0n) is 19.1. The Labute approximate surface area is 206 Å². The molecule has 1 fully saturated rings. The standard InChI is InChI=1S/C24H24ClFN8O/c1-2-21(35)32-8-6-17(7-9-32)34-13-16(12-30-34)15-10-18(23(27)28-11-15)24-31-29-14-33(24)20-5-3-4-19(25)22(20)26/h3-5,10-14,17H,2,6-9H2,1H3,(H2,27,28). The highest BCUT2D eigenvalue weighted by molar-refractivity contribution is 6.30. The van der Waals surface area contributed by atoms with Gasteiger partial charge in [0, 0.05) is 43.0 Å². The Hall–Kier alpha value is -3.79. The summed E-state index contributed by atoms with van der Waals surface area (Å²) in [5.41, 5.74) is 8.56. The fraction of sp³-hybridized carbons (Fsp3) is 0.292. The van der Waals surface area contributed by atoms with Crippen LogP contribution in [0.2, 0.25) is 5.02 Å². The maximum absolute atomic E-state index is 14.7. The van der Waals surface area contributed by atoms with Crippen molar-refractivity contribution in [1.29, 1.82) is 0 Å². The van der Waals surface area contributed by atoms with E-state index >= 15 is 0 Å². The van der Waals surface area contributed by atoms with Gasteiger partial charge in [0.05, 0.1) is 28.5 Å². The molecular weight excluding hydrogens is 471 g/mol. The predicted molar refractivity (Wildman–Crippen MR) is 130 cm³/mol. The number of nitrogen functional groups attached to an aromatic ring is 1. The lowest BCUT2D eigenvalue weighted by Gasteiger charge is -2.32. The molecule has 0 atom stereocenters. The number of nitrogens with two attached hydrogens (primary N) is 1. The number of pyridine rings is 1. The van der Waals surface area contributed by atoms with Crippen LogP contribution < -0.4 is 5.73 Å². The maximum atomic E-state index is 14.7. The fourth-order valence-corrected chi connectivity index (χ4v) is 4.55. The highest BCUT2D eigenvalue weighted by atomic mass is 35.5. The number of anilines is 1. The number of carbonyl (C=O) groups excluding carboxylic acids is 1. The second kappa shape index (κ2) is 9.46. The topological polar surface area (TPSA) is 108 Å². The van der Waals surface area contributed by atoms with Crippen molar-refractivity contribution in [2.24, 2.45) is 0 Å². The normalized spacial score (nSPS) is 14.4. The van der Waals surface area contributed by atoms with Gasteiger partial charge in [-0.15, -0.1) is 10.2 Å². The molecule has 3 aromatic heterocycles. The monoisotopic (exact) mass is 494 g/mol. The molecule has 4 aromatic rings. The SMILES string of the molecule is CCC(=O)N1CCC(n2cc(-c3cnc(N)c(-c4nncn4-c4cccc(Cl)c4F)c3)cn2)CC1. The Morgan fingerprint density at radius 1 is 1.23 bits per heavy atom. The van der Waals surface area contributed by atoms with Gasteiger partial charge in [0.1, 0.15) is 12.1 Å². The smallest absolute Gasteiger partial charge is 0.222 e. The Kier molecular flexibility index (Phi) is 6.21. The van der Waals surface area contributed by atoms with Gasteiger partial charge in [0.25, 0.3) is 0 Å². The number of amides is 1. The number of hydrogen-bond acceptors (Lipinski definition) is 6. The van der Waals surface area contributed by atoms with Gasteiger partial charge in [0.2, 0.25) is 5.91 Å². The number of likely N-dealkylation sites (tertiary alicyclic amines) is 1. The van der Waals surface area contributed by atoms with Crippen LogP contribution in [0, 0.1) is 5.82 Å². The van der Waals surface area contributed by atoms with Gasteiger partial charge >= 0.3 is 0 Å². The van der Waals surface area contributed by atoms with Crippen LogP contribution in [0.3, 0.4) is 0 Å². The Morgan fingerprint density at radius 2 is 2.03 bits per heavy atom. The lowest BCUT2D eigenvalue weighted by atomic mass is 10.0. The second-order valence-corrected chi connectivity index (χ2v) is 8.84. The van der Waals surface area contributed by atoms with Crippen LogP contribution in [-0.2, 0) is 4.79 Å². The maximum Gasteiger partial charge on any atom is 0.222 e. The van der Waals surface area contributed by atoms with Crippen molar-refractivity contribution in [1.82, 2.24) is 34.4 Å². The molecule has 11 heteroatoms. The van der Waals surface area contributed by atoms with Crippen molar-refractivity contribution in [3.05, 3.63) is 60.0 Å². The van der Waals surface area contributed by atoms with Gasteiger partial charge in [-0.1, -0.05) is 24.6 Å². The van der Waals surface area contributed by atoms with E-state index in [4.69, 9.17) is 17.3 Å². The molecular formula is C24H24ClFN8O. The van der Waals surface area contributed by atoms with Gasteiger partial charge < -0.3 is 10.6 Å². The number of nitrogens with zero attached hydrogens (tertiary/aromatic N) is 7. The zero-order chi connectivity index (χ0) is 24.5. The third-order valence-corrected chi connectivity index (χ3v) is 6.62. The van der Waals surface area contributed by atoms with Crippen LogP contribution in [0.4, 0.5) is 10.2 Å². The van der Waals surface area contributed by atoms with Crippen LogP contribution in [0.25, 0.3) is 28.2 Å². The van der Waals surface area contributed by atoms with Crippen LogP contribution >= 0.6 is 11.6 Å². The average Bonchev–Trinajstić information content (AvgIpc) is 3.56. The summed E-state index contributed by atoms with van der Waals surface area (Å²) in [4.78, 5) is 18.2. The summed E-state index contributed by atoms with van der Waals surface area (Å²) in [7, 11) is 0. The Balaban J connectivity index is 1.43. The Morgan fingerprint density at radius 3 is 2.80 bits per heavy atom. The summed E-state index contributed by atoms with van der Waals surface area (Å²) >= 11 is 5.97. The molecule has 1 saturated heterocycles. The van der Waals surface area contributed by atoms with Crippen LogP contribution in [-0.4, -0.2) is 53.4 Å². The van der Waals surface area contributed by atoms with Gasteiger partial charge in [-0.05, 0) is 31.0 Å². The van der Waals surface area contributed by atoms with Crippen molar-refractivity contribution in [2.75, 3.05) is 18.8 Å². The number of piperidine rings is 1. The number of aromatic nitrogens is 6. The molecule has 1 aliphatic rings. The number of hydrogen-bond donors (Lipinski definition) is 1. The molecule has 1 aromatic carbocycles. The molecule has 9 nitrogen and oxygen atoms in total. The highest BCUT2D eigenvalue weighted by Crippen LogP contribution is 2.32. The van der Waals surface area contributed by atoms with Crippen LogP contribution in [0.1, 0.15) is 32.2 Å². The molecule has 2 N–H and O–H groups in total. The molecule has 1 amide bonds. The molecule has 180 valence electrons. The Bertz CT molecular complexity index is 1380. The molecule has 0 unspecified atom stereocenters. The first-order chi connectivity index (χ1) is 17.0. The van der Waals surface area contributed by atoms with E-state index in [2.05, 4.69) is 20.3 Å². The van der Waals surface area contributed by atoms with Crippen LogP contribution in [0.5, 0.6) is 0 Å². The summed E-state index contributed by atoms with van der Waals surface area (Å²) in [6.45, 7) is 3.35. The molecule has 0 spiro atoms. The molecule has 35 heavy (non-hydrogen) atoms. The lowest BCUT2D eigenvalue weighted by Crippen LogP contribution is -2.38. The second-order valence-electron chi connectivity index (χ2n) is 8.43. The molecule has 0 radical (unpaired) electrons. The molecule has 0 aliphatic carbocycles.